The number of carboxylic acid groups (broad SMARTS) is 1. The zero-order valence-electron chi connectivity index (χ0n) is 17.1. The van der Waals surface area contributed by atoms with Crippen LogP contribution in [0, 0.1) is 0 Å². The van der Waals surface area contributed by atoms with Crippen molar-refractivity contribution in [3.8, 4) is 11.5 Å². The number of carbonyl (C=O) groups excluding carboxylic acids is 1. The number of methoxy groups -OCH3 is 2. The van der Waals surface area contributed by atoms with Crippen molar-refractivity contribution >= 4 is 21.7 Å². The predicted molar refractivity (Wildman–Crippen MR) is 112 cm³/mol. The van der Waals surface area contributed by atoms with Gasteiger partial charge in [0.25, 0.3) is 0 Å². The molecule has 0 spiro atoms. The van der Waals surface area contributed by atoms with Crippen LogP contribution in [0.15, 0.2) is 47.4 Å². The Balaban J connectivity index is 1.94. The lowest BCUT2D eigenvalue weighted by Gasteiger charge is -2.32. The summed E-state index contributed by atoms with van der Waals surface area (Å²) in [6, 6.07) is 10.5. The van der Waals surface area contributed by atoms with E-state index in [1.807, 2.05) is 0 Å². The average Bonchev–Trinajstić information content (AvgIpc) is 2.77. The van der Waals surface area contributed by atoms with Gasteiger partial charge >= 0.3 is 5.97 Å². The molecule has 0 bridgehead atoms. The summed E-state index contributed by atoms with van der Waals surface area (Å²) in [5.74, 6) is -0.816. The van der Waals surface area contributed by atoms with Gasteiger partial charge in [0.15, 0.2) is 21.3 Å². The van der Waals surface area contributed by atoms with Crippen molar-refractivity contribution in [3.63, 3.8) is 0 Å². The molecule has 1 amide bonds. The summed E-state index contributed by atoms with van der Waals surface area (Å²) in [4.78, 5) is 23.3. The van der Waals surface area contributed by atoms with Crippen LogP contribution < -0.4 is 20.1 Å². The molecule has 0 aliphatic carbocycles. The third-order valence-electron chi connectivity index (χ3n) is 5.06. The third kappa shape index (κ3) is 4.80. The number of carbonyl (C=O) groups is 2. The number of sulfone groups is 1. The molecule has 1 aliphatic rings. The van der Waals surface area contributed by atoms with Crippen molar-refractivity contribution < 1.29 is 32.6 Å². The highest BCUT2D eigenvalue weighted by Crippen LogP contribution is 2.36. The number of aliphatic carboxylic acids is 1. The molecule has 2 aromatic carbocycles. The number of ether oxygens (including phenoxy) is 2. The quantitative estimate of drug-likeness (QED) is 0.551. The molecule has 3 rings (SSSR count). The van der Waals surface area contributed by atoms with E-state index in [0.29, 0.717) is 11.3 Å². The zero-order chi connectivity index (χ0) is 22.6. The molecule has 0 saturated heterocycles. The summed E-state index contributed by atoms with van der Waals surface area (Å²) in [6.07, 6.45) is 0.0649. The van der Waals surface area contributed by atoms with Gasteiger partial charge in [-0.15, -0.1) is 0 Å². The predicted octanol–water partition coefficient (Wildman–Crippen LogP) is 1.28. The lowest BCUT2D eigenvalue weighted by atomic mass is 9.95. The molecule has 1 unspecified atom stereocenters. The fourth-order valence-corrected chi connectivity index (χ4v) is 5.21. The molecule has 3 N–H and O–H groups in total. The Morgan fingerprint density at radius 1 is 1.13 bits per heavy atom. The molecule has 0 fully saturated rings. The lowest BCUT2D eigenvalue weighted by molar-refractivity contribution is -0.137. The Hall–Kier alpha value is -3.11. The Kier molecular flexibility index (Phi) is 6.81. The van der Waals surface area contributed by atoms with Gasteiger partial charge in [-0.3, -0.25) is 14.9 Å². The summed E-state index contributed by atoms with van der Waals surface area (Å²) < 4.78 is 37.5. The first-order chi connectivity index (χ1) is 14.8. The van der Waals surface area contributed by atoms with Gasteiger partial charge < -0.3 is 19.9 Å². The van der Waals surface area contributed by atoms with Crippen molar-refractivity contribution in [2.45, 2.75) is 29.2 Å². The molecule has 0 radical (unpaired) electrons. The second kappa shape index (κ2) is 9.36. The molecule has 9 nitrogen and oxygen atoms in total. The fourth-order valence-electron chi connectivity index (χ4n) is 3.50. The molecule has 0 saturated carbocycles. The highest BCUT2D eigenvalue weighted by molar-refractivity contribution is 7.91. The molecule has 1 heterocycles. The second-order valence-electron chi connectivity index (χ2n) is 7.00. The molecular formula is C21H24N2O7S. The number of nitrogens with one attached hydrogen (secondary N) is 2. The average molecular weight is 448 g/mol. The molecule has 2 atom stereocenters. The van der Waals surface area contributed by atoms with Gasteiger partial charge in [-0.1, -0.05) is 24.3 Å². The summed E-state index contributed by atoms with van der Waals surface area (Å²) in [7, 11) is -1.08. The van der Waals surface area contributed by atoms with E-state index in [4.69, 9.17) is 14.6 Å². The maximum Gasteiger partial charge on any atom is 0.305 e. The molecular weight excluding hydrogens is 424 g/mol. The van der Waals surface area contributed by atoms with Gasteiger partial charge in [-0.25, -0.2) is 8.42 Å². The van der Waals surface area contributed by atoms with Gasteiger partial charge in [0, 0.05) is 12.6 Å². The van der Waals surface area contributed by atoms with E-state index in [9.17, 15) is 18.0 Å². The number of fused-ring (bicyclic) bond motifs is 1. The van der Waals surface area contributed by atoms with Gasteiger partial charge in [-0.2, -0.15) is 0 Å². The van der Waals surface area contributed by atoms with Crippen molar-refractivity contribution in [1.29, 1.82) is 0 Å². The van der Waals surface area contributed by atoms with Crippen molar-refractivity contribution in [1.82, 2.24) is 10.6 Å². The minimum Gasteiger partial charge on any atom is -0.493 e. The van der Waals surface area contributed by atoms with E-state index >= 15 is 0 Å². The topological polar surface area (TPSA) is 131 Å². The third-order valence-corrected chi connectivity index (χ3v) is 6.98. The normalized spacial score (nSPS) is 18.0. The number of amides is 1. The largest absolute Gasteiger partial charge is 0.493 e. The maximum atomic E-state index is 13.5. The van der Waals surface area contributed by atoms with Crippen LogP contribution in [0.2, 0.25) is 0 Å². The fraction of sp³-hybridized carbons (Fsp3) is 0.333. The highest BCUT2D eigenvalue weighted by Gasteiger charge is 2.38. The van der Waals surface area contributed by atoms with E-state index in [1.54, 1.807) is 24.3 Å². The SMILES string of the molecule is COc1ccc(S(=O)(=O)C2N[C@H](C(=O)NCCC(=O)O)Cc3ccccc32)cc1OC. The van der Waals surface area contributed by atoms with E-state index in [0.717, 1.165) is 5.56 Å². The number of benzene rings is 2. The zero-order valence-corrected chi connectivity index (χ0v) is 17.9. The van der Waals surface area contributed by atoms with Crippen LogP contribution in [0.25, 0.3) is 0 Å². The number of rotatable bonds is 8. The first-order valence-electron chi connectivity index (χ1n) is 9.57. The van der Waals surface area contributed by atoms with Gasteiger partial charge in [0.1, 0.15) is 5.37 Å². The summed E-state index contributed by atoms with van der Waals surface area (Å²) in [5, 5.41) is 13.1. The highest BCUT2D eigenvalue weighted by atomic mass is 32.2. The molecule has 2 aromatic rings. The van der Waals surface area contributed by atoms with Crippen LogP contribution in [0.3, 0.4) is 0 Å². The molecule has 31 heavy (non-hydrogen) atoms. The first kappa shape index (κ1) is 22.6. The Morgan fingerprint density at radius 3 is 2.52 bits per heavy atom. The van der Waals surface area contributed by atoms with E-state index in [2.05, 4.69) is 10.6 Å². The smallest absolute Gasteiger partial charge is 0.305 e. The molecule has 1 aliphatic heterocycles. The second-order valence-corrected chi connectivity index (χ2v) is 9.03. The van der Waals surface area contributed by atoms with Gasteiger partial charge in [-0.05, 0) is 29.7 Å². The summed E-state index contributed by atoms with van der Waals surface area (Å²) >= 11 is 0. The number of hydrogen-bond acceptors (Lipinski definition) is 7. The first-order valence-corrected chi connectivity index (χ1v) is 11.1. The molecule has 10 heteroatoms. The Bertz CT molecular complexity index is 1080. The maximum absolute atomic E-state index is 13.5. The number of carboxylic acids is 1. The minimum absolute atomic E-state index is 0.0180. The standard InChI is InChI=1S/C21H24N2O7S/c1-29-17-8-7-14(12-18(17)30-2)31(27,28)21-15-6-4-3-5-13(15)11-16(23-21)20(26)22-10-9-19(24)25/h3-8,12,16,21,23H,9-11H2,1-2H3,(H,22,26)(H,24,25)/t16-,21?/m0/s1. The van der Waals surface area contributed by atoms with Crippen LogP contribution in [0.4, 0.5) is 0 Å². The van der Waals surface area contributed by atoms with Crippen LogP contribution in [0.1, 0.15) is 22.9 Å². The minimum atomic E-state index is -3.95. The van der Waals surface area contributed by atoms with E-state index in [-0.39, 0.29) is 30.0 Å². The Labute approximate surface area is 180 Å². The molecule has 166 valence electrons. The monoisotopic (exact) mass is 448 g/mol. The van der Waals surface area contributed by atoms with Crippen LogP contribution in [-0.4, -0.2) is 52.2 Å². The van der Waals surface area contributed by atoms with Crippen molar-refractivity contribution in [2.75, 3.05) is 20.8 Å². The van der Waals surface area contributed by atoms with E-state index in [1.165, 1.54) is 32.4 Å². The van der Waals surface area contributed by atoms with E-state index < -0.39 is 33.1 Å². The van der Waals surface area contributed by atoms with Crippen LogP contribution in [-0.2, 0) is 25.8 Å². The molecule has 0 aromatic heterocycles. The van der Waals surface area contributed by atoms with Crippen LogP contribution >= 0.6 is 0 Å². The Morgan fingerprint density at radius 2 is 1.84 bits per heavy atom. The van der Waals surface area contributed by atoms with Crippen molar-refractivity contribution in [2.24, 2.45) is 0 Å². The lowest BCUT2D eigenvalue weighted by Crippen LogP contribution is -2.51. The summed E-state index contributed by atoms with van der Waals surface area (Å²) in [6.45, 7) is -0.0406. The van der Waals surface area contributed by atoms with Crippen molar-refractivity contribution in [3.05, 3.63) is 53.6 Å². The number of hydrogen-bond donors (Lipinski definition) is 3. The van der Waals surface area contributed by atoms with Crippen LogP contribution in [0.5, 0.6) is 11.5 Å². The van der Waals surface area contributed by atoms with Gasteiger partial charge in [0.05, 0.1) is 31.6 Å². The summed E-state index contributed by atoms with van der Waals surface area (Å²) in [5.41, 5.74) is 1.29. The van der Waals surface area contributed by atoms with Gasteiger partial charge in [0.2, 0.25) is 5.91 Å².